The first-order valence-electron chi connectivity index (χ1n) is 7.95. The second kappa shape index (κ2) is 9.26. The number of benzene rings is 1. The van der Waals surface area contributed by atoms with Crippen LogP contribution in [0, 0.1) is 0 Å². The highest BCUT2D eigenvalue weighted by Crippen LogP contribution is 2.24. The number of nitrogens with zero attached hydrogens (tertiary/aromatic N) is 2. The molecular weight excluding hydrogens is 390 g/mol. The Labute approximate surface area is 155 Å². The van der Waals surface area contributed by atoms with Gasteiger partial charge >= 0.3 is 6.03 Å². The van der Waals surface area contributed by atoms with Crippen molar-refractivity contribution >= 4 is 33.8 Å². The number of hydrogen-bond donors (Lipinski definition) is 3. The molecule has 1 saturated heterocycles. The van der Waals surface area contributed by atoms with Gasteiger partial charge in [0.25, 0.3) is 0 Å². The van der Waals surface area contributed by atoms with Gasteiger partial charge in [0.05, 0.1) is 17.6 Å². The first kappa shape index (κ1) is 19.0. The van der Waals surface area contributed by atoms with Crippen molar-refractivity contribution in [2.75, 3.05) is 33.2 Å². The van der Waals surface area contributed by atoms with Crippen LogP contribution in [0.15, 0.2) is 33.7 Å². The van der Waals surface area contributed by atoms with Crippen molar-refractivity contribution in [2.24, 2.45) is 4.99 Å². The van der Waals surface area contributed by atoms with Gasteiger partial charge < -0.3 is 20.7 Å². The monoisotopic (exact) mass is 411 g/mol. The molecule has 1 aliphatic rings. The van der Waals surface area contributed by atoms with Crippen LogP contribution in [0.2, 0.25) is 0 Å². The van der Waals surface area contributed by atoms with E-state index in [4.69, 9.17) is 4.74 Å². The van der Waals surface area contributed by atoms with Gasteiger partial charge in [-0.3, -0.25) is 14.7 Å². The van der Waals surface area contributed by atoms with Gasteiger partial charge in [0.2, 0.25) is 5.91 Å². The number of guanidine groups is 1. The van der Waals surface area contributed by atoms with E-state index in [1.165, 1.54) is 4.90 Å². The van der Waals surface area contributed by atoms with Crippen LogP contribution in [-0.2, 0) is 4.79 Å². The zero-order chi connectivity index (χ0) is 18.2. The van der Waals surface area contributed by atoms with E-state index in [0.717, 1.165) is 10.2 Å². The molecule has 0 bridgehead atoms. The smallest absolute Gasteiger partial charge is 0.324 e. The number of para-hydroxylation sites is 1. The number of halogens is 1. The Kier molecular flexibility index (Phi) is 7.05. The van der Waals surface area contributed by atoms with Crippen LogP contribution in [0.1, 0.15) is 6.92 Å². The molecule has 1 atom stereocenters. The van der Waals surface area contributed by atoms with Gasteiger partial charge in [-0.25, -0.2) is 4.79 Å². The third-order valence-electron chi connectivity index (χ3n) is 3.51. The number of rotatable bonds is 7. The number of ether oxygens (including phenoxy) is 1. The summed E-state index contributed by atoms with van der Waals surface area (Å²) in [6.45, 7) is 3.26. The second-order valence-electron chi connectivity index (χ2n) is 5.44. The van der Waals surface area contributed by atoms with Gasteiger partial charge in [-0.15, -0.1) is 0 Å². The van der Waals surface area contributed by atoms with E-state index >= 15 is 0 Å². The lowest BCUT2D eigenvalue weighted by molar-refractivity contribution is -0.124. The molecule has 25 heavy (non-hydrogen) atoms. The minimum atomic E-state index is -0.356. The fourth-order valence-electron chi connectivity index (χ4n) is 2.23. The van der Waals surface area contributed by atoms with Crippen LogP contribution in [0.25, 0.3) is 0 Å². The first-order valence-corrected chi connectivity index (χ1v) is 8.74. The summed E-state index contributed by atoms with van der Waals surface area (Å²) in [5, 5.41) is 8.70. The Morgan fingerprint density at radius 3 is 2.80 bits per heavy atom. The lowest BCUT2D eigenvalue weighted by Crippen LogP contribution is -2.45. The Bertz CT molecular complexity index is 636. The summed E-state index contributed by atoms with van der Waals surface area (Å²) in [7, 11) is 1.66. The Balaban J connectivity index is 1.72. The molecule has 9 heteroatoms. The van der Waals surface area contributed by atoms with Crippen LogP contribution in [0.4, 0.5) is 4.79 Å². The fourth-order valence-corrected chi connectivity index (χ4v) is 2.61. The number of imide groups is 1. The molecule has 0 radical (unpaired) electrons. The standard InChI is InChI=1S/C16H22BrN5O3/c1-11(25-13-6-4-3-5-12(13)17)9-20-15(18-2)19-7-8-22-14(23)10-21-16(22)24/h3-6,11H,7-10H2,1-2H3,(H,21,24)(H2,18,19,20). The van der Waals surface area contributed by atoms with Gasteiger partial charge in [0.1, 0.15) is 11.9 Å². The van der Waals surface area contributed by atoms with Crippen LogP contribution in [0.5, 0.6) is 5.75 Å². The molecule has 2 rings (SSSR count). The highest BCUT2D eigenvalue weighted by molar-refractivity contribution is 9.10. The summed E-state index contributed by atoms with van der Waals surface area (Å²) in [5.74, 6) is 1.14. The molecule has 3 N–H and O–H groups in total. The summed E-state index contributed by atoms with van der Waals surface area (Å²) in [4.78, 5) is 28.2. The van der Waals surface area contributed by atoms with Crippen LogP contribution < -0.4 is 20.7 Å². The normalized spacial score (nSPS) is 15.8. The predicted octanol–water partition coefficient (Wildman–Crippen LogP) is 0.933. The third-order valence-corrected chi connectivity index (χ3v) is 4.17. The Hall–Kier alpha value is -2.29. The van der Waals surface area contributed by atoms with Gasteiger partial charge in [0.15, 0.2) is 5.96 Å². The minimum absolute atomic E-state index is 0.0652. The van der Waals surface area contributed by atoms with Crippen molar-refractivity contribution in [3.8, 4) is 5.75 Å². The van der Waals surface area contributed by atoms with E-state index in [0.29, 0.717) is 19.0 Å². The number of carbonyl (C=O) groups is 2. The van der Waals surface area contributed by atoms with E-state index in [2.05, 4.69) is 36.9 Å². The summed E-state index contributed by atoms with van der Waals surface area (Å²) in [6.07, 6.45) is -0.0804. The predicted molar refractivity (Wildman–Crippen MR) is 98.7 cm³/mol. The fraction of sp³-hybridized carbons (Fsp3) is 0.438. The lowest BCUT2D eigenvalue weighted by atomic mass is 10.3. The highest BCUT2D eigenvalue weighted by Gasteiger charge is 2.27. The lowest BCUT2D eigenvalue weighted by Gasteiger charge is -2.19. The van der Waals surface area contributed by atoms with E-state index in [-0.39, 0.29) is 31.1 Å². The Morgan fingerprint density at radius 2 is 2.16 bits per heavy atom. The van der Waals surface area contributed by atoms with Crippen LogP contribution in [0.3, 0.4) is 0 Å². The molecule has 8 nitrogen and oxygen atoms in total. The number of nitrogens with one attached hydrogen (secondary N) is 3. The molecule has 136 valence electrons. The topological polar surface area (TPSA) is 95.1 Å². The molecule has 1 heterocycles. The third kappa shape index (κ3) is 5.63. The van der Waals surface area contributed by atoms with Crippen molar-refractivity contribution in [3.05, 3.63) is 28.7 Å². The maximum Gasteiger partial charge on any atom is 0.324 e. The van der Waals surface area contributed by atoms with E-state index < -0.39 is 0 Å². The molecule has 0 aliphatic carbocycles. The van der Waals surface area contributed by atoms with Crippen LogP contribution in [-0.4, -0.2) is 62.1 Å². The molecule has 0 aromatic heterocycles. The summed E-state index contributed by atoms with van der Waals surface area (Å²) < 4.78 is 6.76. The zero-order valence-electron chi connectivity index (χ0n) is 14.2. The van der Waals surface area contributed by atoms with Crippen molar-refractivity contribution in [2.45, 2.75) is 13.0 Å². The molecule has 1 fully saturated rings. The SMILES string of the molecule is CN=C(NCCN1C(=O)CNC1=O)NCC(C)Oc1ccccc1Br. The zero-order valence-corrected chi connectivity index (χ0v) is 15.8. The maximum absolute atomic E-state index is 11.5. The van der Waals surface area contributed by atoms with Crippen molar-refractivity contribution in [3.63, 3.8) is 0 Å². The van der Waals surface area contributed by atoms with E-state index in [1.807, 2.05) is 31.2 Å². The van der Waals surface area contributed by atoms with Crippen LogP contribution >= 0.6 is 15.9 Å². The largest absolute Gasteiger partial charge is 0.488 e. The second-order valence-corrected chi connectivity index (χ2v) is 6.30. The number of amides is 3. The summed E-state index contributed by atoms with van der Waals surface area (Å²) in [6, 6.07) is 7.30. The Morgan fingerprint density at radius 1 is 1.40 bits per heavy atom. The molecule has 1 aliphatic heterocycles. The summed E-state index contributed by atoms with van der Waals surface area (Å²) in [5.41, 5.74) is 0. The minimum Gasteiger partial charge on any atom is -0.488 e. The average Bonchev–Trinajstić information content (AvgIpc) is 2.91. The molecule has 1 aromatic rings. The van der Waals surface area contributed by atoms with E-state index in [1.54, 1.807) is 7.05 Å². The molecule has 1 unspecified atom stereocenters. The van der Waals surface area contributed by atoms with Crippen molar-refractivity contribution in [1.82, 2.24) is 20.9 Å². The van der Waals surface area contributed by atoms with Gasteiger partial charge in [-0.2, -0.15) is 0 Å². The first-order chi connectivity index (χ1) is 12.0. The molecule has 0 spiro atoms. The van der Waals surface area contributed by atoms with E-state index in [9.17, 15) is 9.59 Å². The highest BCUT2D eigenvalue weighted by atomic mass is 79.9. The maximum atomic E-state index is 11.5. The van der Waals surface area contributed by atoms with Gasteiger partial charge in [-0.1, -0.05) is 12.1 Å². The van der Waals surface area contributed by atoms with Crippen molar-refractivity contribution < 1.29 is 14.3 Å². The molecule has 3 amide bonds. The average molecular weight is 412 g/mol. The molecular formula is C16H22BrN5O3. The quantitative estimate of drug-likeness (QED) is 0.352. The number of urea groups is 1. The van der Waals surface area contributed by atoms with Gasteiger partial charge in [-0.05, 0) is 35.0 Å². The van der Waals surface area contributed by atoms with Crippen molar-refractivity contribution in [1.29, 1.82) is 0 Å². The number of aliphatic imine (C=N–C) groups is 1. The summed E-state index contributed by atoms with van der Waals surface area (Å²) >= 11 is 3.45. The molecule has 1 aromatic carbocycles. The number of carbonyl (C=O) groups excluding carboxylic acids is 2. The number of hydrogen-bond acceptors (Lipinski definition) is 4. The molecule has 0 saturated carbocycles. The van der Waals surface area contributed by atoms with Gasteiger partial charge in [0, 0.05) is 20.1 Å².